The van der Waals surface area contributed by atoms with Crippen molar-refractivity contribution in [3.8, 4) is 0 Å². The Hall–Kier alpha value is -1.40. The van der Waals surface area contributed by atoms with Crippen LogP contribution < -0.4 is 11.3 Å². The van der Waals surface area contributed by atoms with Crippen LogP contribution in [0.2, 0.25) is 0 Å². The quantitative estimate of drug-likeness (QED) is 0.302. The maximum absolute atomic E-state index is 11.0. The van der Waals surface area contributed by atoms with E-state index in [0.29, 0.717) is 11.2 Å². The van der Waals surface area contributed by atoms with Crippen LogP contribution in [-0.4, -0.2) is 39.5 Å². The van der Waals surface area contributed by atoms with Gasteiger partial charge in [-0.05, 0) is 0 Å². The van der Waals surface area contributed by atoms with E-state index in [-0.39, 0.29) is 11.5 Å². The summed E-state index contributed by atoms with van der Waals surface area (Å²) < 4.78 is 36.5. The molecule has 0 spiro atoms. The van der Waals surface area contributed by atoms with Gasteiger partial charge in [-0.1, -0.05) is 0 Å². The fraction of sp³-hybridized carbons (Fsp3) is 0. The summed E-state index contributed by atoms with van der Waals surface area (Å²) in [5, 5.41) is 0. The van der Waals surface area contributed by atoms with Gasteiger partial charge in [0.05, 0.1) is 6.33 Å². The molecule has 0 aliphatic heterocycles. The topological polar surface area (TPSA) is 251 Å². The van der Waals surface area contributed by atoms with Gasteiger partial charge in [-0.3, -0.25) is 14.3 Å². The Morgan fingerprint density at radius 1 is 1.30 bits per heavy atom. The molecule has 23 heavy (non-hydrogen) atoms. The summed E-state index contributed by atoms with van der Waals surface area (Å²) in [6.07, 6.45) is 1.40. The van der Waals surface area contributed by atoms with Crippen LogP contribution in [0.15, 0.2) is 11.1 Å². The van der Waals surface area contributed by atoms with Crippen molar-refractivity contribution in [3.63, 3.8) is 0 Å². The number of nitrogens with one attached hydrogen (secondary N) is 2. The number of hydrogen-bond donors (Lipinski definition) is 7. The van der Waals surface area contributed by atoms with E-state index in [2.05, 4.69) is 28.6 Å². The normalized spacial score (nSPS) is 15.5. The number of nitrogen functional groups attached to an aromatic ring is 1. The van der Waals surface area contributed by atoms with Gasteiger partial charge in [-0.2, -0.15) is 9.29 Å². The second-order valence-electron chi connectivity index (χ2n) is 3.45. The molecule has 2 unspecified atom stereocenters. The Bertz CT molecular complexity index is 854. The van der Waals surface area contributed by atoms with Gasteiger partial charge >= 0.3 is 23.9 Å². The van der Waals surface area contributed by atoms with Crippen molar-refractivity contribution in [1.82, 2.24) is 19.9 Å². The van der Waals surface area contributed by atoms with Crippen LogP contribution in [0.25, 0.3) is 11.2 Å². The number of imidazole rings is 1. The molecule has 2 rings (SSSR count). The van der Waals surface area contributed by atoms with E-state index >= 15 is 0 Å². The molecule has 2 atom stereocenters. The highest BCUT2D eigenvalue weighted by Crippen LogP contribution is 2.60. The zero-order chi connectivity index (χ0) is 17.8. The second-order valence-corrected chi connectivity index (χ2v) is 7.28. The lowest BCUT2D eigenvalue weighted by atomic mass is 10.5. The number of aromatic amines is 2. The molecular formula is C5H10N5O10P3. The molecule has 18 heteroatoms. The van der Waals surface area contributed by atoms with Crippen molar-refractivity contribution in [2.24, 2.45) is 0 Å². The standard InChI is InChI=1S/C5H5N5O.H5O9P3/c6-5-9-3-2(4(11)10-5)7-1-8-3;1-10(2)8-12(6,7)9-11(3,4)5/h1H,(H4,6,7,8,9,10,11);10H,(H,1,2)(H,6,7)(H2,3,4,5). The molecule has 15 nitrogen and oxygen atoms in total. The summed E-state index contributed by atoms with van der Waals surface area (Å²) >= 11 is 0. The molecule has 2 aromatic rings. The van der Waals surface area contributed by atoms with Gasteiger partial charge in [-0.15, -0.1) is 0 Å². The third-order valence-electron chi connectivity index (χ3n) is 1.72. The van der Waals surface area contributed by atoms with Crippen LogP contribution >= 0.6 is 23.9 Å². The molecule has 0 saturated heterocycles. The van der Waals surface area contributed by atoms with Crippen molar-refractivity contribution >= 4 is 41.0 Å². The highest BCUT2D eigenvalue weighted by Gasteiger charge is 2.33. The first-order chi connectivity index (χ1) is 10.4. The van der Waals surface area contributed by atoms with Crippen molar-refractivity contribution < 1.29 is 41.9 Å². The number of anilines is 1. The van der Waals surface area contributed by atoms with Gasteiger partial charge in [0.2, 0.25) is 5.95 Å². The Labute approximate surface area is 126 Å². The van der Waals surface area contributed by atoms with Crippen LogP contribution in [0.1, 0.15) is 0 Å². The van der Waals surface area contributed by atoms with Crippen LogP contribution in [0.4, 0.5) is 5.95 Å². The van der Waals surface area contributed by atoms with Crippen LogP contribution in [0.3, 0.4) is 0 Å². The summed E-state index contributed by atoms with van der Waals surface area (Å²) in [6, 6.07) is 0. The third kappa shape index (κ3) is 7.14. The van der Waals surface area contributed by atoms with Gasteiger partial charge in [0.1, 0.15) is 0 Å². The van der Waals surface area contributed by atoms with E-state index in [1.165, 1.54) is 6.33 Å². The lowest BCUT2D eigenvalue weighted by Gasteiger charge is -2.09. The van der Waals surface area contributed by atoms with Crippen molar-refractivity contribution in [1.29, 1.82) is 0 Å². The SMILES string of the molecule is Nc1nc2nc[nH]c2c(=O)[nH]1.O=[PH](O)OP(=O)(O)OP(=O)(O)O. The number of nitrogens with two attached hydrogens (primary N) is 1. The molecule has 0 amide bonds. The molecule has 130 valence electrons. The average molecular weight is 393 g/mol. The number of rotatable bonds is 4. The van der Waals surface area contributed by atoms with E-state index in [4.69, 9.17) is 25.3 Å². The Balaban J connectivity index is 0.000000230. The number of phosphoric acid groups is 2. The Morgan fingerprint density at radius 3 is 2.43 bits per heavy atom. The number of nitrogens with zero attached hydrogens (tertiary/aromatic N) is 2. The van der Waals surface area contributed by atoms with Crippen molar-refractivity contribution in [2.45, 2.75) is 0 Å². The molecule has 0 saturated carbocycles. The van der Waals surface area contributed by atoms with Gasteiger partial charge < -0.3 is 30.3 Å². The molecule has 0 aliphatic rings. The fourth-order valence-corrected chi connectivity index (χ4v) is 3.41. The Morgan fingerprint density at radius 2 is 1.91 bits per heavy atom. The van der Waals surface area contributed by atoms with Gasteiger partial charge in [-0.25, -0.2) is 18.4 Å². The summed E-state index contributed by atoms with van der Waals surface area (Å²) in [5.41, 5.74) is 5.65. The zero-order valence-corrected chi connectivity index (χ0v) is 13.5. The predicted molar refractivity (Wildman–Crippen MR) is 74.2 cm³/mol. The minimum absolute atomic E-state index is 0.0783. The fourth-order valence-electron chi connectivity index (χ4n) is 1.11. The molecule has 0 radical (unpaired) electrons. The van der Waals surface area contributed by atoms with Crippen molar-refractivity contribution in [3.05, 3.63) is 16.7 Å². The minimum Gasteiger partial charge on any atom is -0.369 e. The van der Waals surface area contributed by atoms with Gasteiger partial charge in [0.25, 0.3) is 5.56 Å². The highest BCUT2D eigenvalue weighted by atomic mass is 31.3. The molecule has 0 aliphatic carbocycles. The maximum Gasteiger partial charge on any atom is 0.488 e. The number of H-pyrrole nitrogens is 2. The molecule has 8 N–H and O–H groups in total. The van der Waals surface area contributed by atoms with E-state index in [9.17, 15) is 18.5 Å². The monoisotopic (exact) mass is 393 g/mol. The lowest BCUT2D eigenvalue weighted by molar-refractivity contribution is 0.227. The van der Waals surface area contributed by atoms with E-state index in [1.807, 2.05) is 0 Å². The molecule has 0 fully saturated rings. The average Bonchev–Trinajstić information content (AvgIpc) is 2.72. The number of hydrogen-bond acceptors (Lipinski definition) is 9. The Kier molecular flexibility index (Phi) is 6.36. The second kappa shape index (κ2) is 7.45. The number of fused-ring (bicyclic) bond motifs is 1. The van der Waals surface area contributed by atoms with E-state index < -0.39 is 23.9 Å². The maximum atomic E-state index is 11.0. The van der Waals surface area contributed by atoms with Gasteiger partial charge in [0.15, 0.2) is 11.2 Å². The summed E-state index contributed by atoms with van der Waals surface area (Å²) in [5.74, 6) is 0.0783. The van der Waals surface area contributed by atoms with E-state index in [1.54, 1.807) is 0 Å². The molecule has 0 aromatic carbocycles. The van der Waals surface area contributed by atoms with Crippen LogP contribution in [0.5, 0.6) is 0 Å². The van der Waals surface area contributed by atoms with Crippen LogP contribution in [-0.2, 0) is 22.3 Å². The molecular weight excluding hydrogens is 383 g/mol. The largest absolute Gasteiger partial charge is 0.488 e. The molecule has 2 heterocycles. The zero-order valence-electron chi connectivity index (χ0n) is 10.7. The lowest BCUT2D eigenvalue weighted by Crippen LogP contribution is -2.10. The van der Waals surface area contributed by atoms with Gasteiger partial charge in [0, 0.05) is 0 Å². The first-order valence-electron chi connectivity index (χ1n) is 5.11. The predicted octanol–water partition coefficient (Wildman–Crippen LogP) is -1.18. The van der Waals surface area contributed by atoms with E-state index in [0.717, 1.165) is 0 Å². The first kappa shape index (κ1) is 19.6. The third-order valence-corrected chi connectivity index (χ3v) is 4.94. The highest BCUT2D eigenvalue weighted by molar-refractivity contribution is 7.64. The minimum atomic E-state index is -5.22. The summed E-state index contributed by atoms with van der Waals surface area (Å²) in [4.78, 5) is 55.7. The molecule has 2 aromatic heterocycles. The van der Waals surface area contributed by atoms with Crippen molar-refractivity contribution in [2.75, 3.05) is 5.73 Å². The summed E-state index contributed by atoms with van der Waals surface area (Å²) in [6.45, 7) is 0. The van der Waals surface area contributed by atoms with Crippen LogP contribution in [0, 0.1) is 0 Å². The number of aromatic nitrogens is 4. The smallest absolute Gasteiger partial charge is 0.369 e. The first-order valence-corrected chi connectivity index (χ1v) is 9.39. The summed E-state index contributed by atoms with van der Waals surface area (Å²) in [7, 11) is -14.2. The molecule has 0 bridgehead atoms.